The number of nitrogens with two attached hydrogens (primary N) is 1. The van der Waals surface area contributed by atoms with Crippen molar-refractivity contribution in [3.8, 4) is 0 Å². The first-order valence-corrected chi connectivity index (χ1v) is 5.46. The maximum Gasteiger partial charge on any atom is 0.339 e. The van der Waals surface area contributed by atoms with Crippen molar-refractivity contribution in [3.05, 3.63) is 41.0 Å². The highest BCUT2D eigenvalue weighted by Crippen LogP contribution is 2.21. The fourth-order valence-corrected chi connectivity index (χ4v) is 1.73. The summed E-state index contributed by atoms with van der Waals surface area (Å²) in [6.07, 6.45) is 0. The van der Waals surface area contributed by atoms with Crippen molar-refractivity contribution in [2.45, 2.75) is 0 Å². The van der Waals surface area contributed by atoms with Crippen LogP contribution in [0.25, 0.3) is 10.9 Å². The number of carbonyl (C=O) groups is 2. The van der Waals surface area contributed by atoms with Crippen molar-refractivity contribution in [1.82, 2.24) is 4.98 Å². The third-order valence-electron chi connectivity index (χ3n) is 2.25. The summed E-state index contributed by atoms with van der Waals surface area (Å²) in [5.74, 6) is -1.37. The molecule has 0 spiro atoms. The topological polar surface area (TPSA) is 82.3 Å². The lowest BCUT2D eigenvalue weighted by atomic mass is 10.1. The highest BCUT2D eigenvalue weighted by atomic mass is 35.5. The Hall–Kier alpha value is -2.14. The van der Waals surface area contributed by atoms with Gasteiger partial charge in [-0.2, -0.15) is 0 Å². The van der Waals surface area contributed by atoms with Gasteiger partial charge in [-0.3, -0.25) is 4.79 Å². The minimum absolute atomic E-state index is 0.180. The molecule has 1 heterocycles. The summed E-state index contributed by atoms with van der Waals surface area (Å²) < 4.78 is 4.75. The van der Waals surface area contributed by atoms with Crippen LogP contribution in [0.2, 0.25) is 5.15 Å². The van der Waals surface area contributed by atoms with Crippen LogP contribution in [0.4, 0.5) is 0 Å². The molecular formula is C12H9ClN2O3. The van der Waals surface area contributed by atoms with Gasteiger partial charge >= 0.3 is 5.97 Å². The van der Waals surface area contributed by atoms with E-state index in [4.69, 9.17) is 22.1 Å². The van der Waals surface area contributed by atoms with Crippen LogP contribution in [0.1, 0.15) is 10.4 Å². The average Bonchev–Trinajstić information content (AvgIpc) is 2.34. The summed E-state index contributed by atoms with van der Waals surface area (Å²) >= 11 is 5.82. The molecule has 0 unspecified atom stereocenters. The molecule has 0 aliphatic rings. The number of ether oxygens (including phenoxy) is 1. The van der Waals surface area contributed by atoms with Gasteiger partial charge in [0.2, 0.25) is 0 Å². The lowest BCUT2D eigenvalue weighted by Crippen LogP contribution is -2.21. The number of benzene rings is 1. The Bertz CT molecular complexity index is 628. The Morgan fingerprint density at radius 3 is 2.78 bits per heavy atom. The van der Waals surface area contributed by atoms with E-state index in [9.17, 15) is 9.59 Å². The Balaban J connectivity index is 2.43. The molecule has 0 saturated heterocycles. The summed E-state index contributed by atoms with van der Waals surface area (Å²) in [6, 6.07) is 8.39. The van der Waals surface area contributed by atoms with E-state index in [1.807, 2.05) is 0 Å². The van der Waals surface area contributed by atoms with E-state index in [1.54, 1.807) is 24.3 Å². The number of fused-ring (bicyclic) bond motifs is 1. The number of para-hydroxylation sites is 1. The van der Waals surface area contributed by atoms with Gasteiger partial charge in [-0.25, -0.2) is 9.78 Å². The van der Waals surface area contributed by atoms with E-state index in [-0.39, 0.29) is 10.7 Å². The average molecular weight is 265 g/mol. The van der Waals surface area contributed by atoms with E-state index in [0.717, 1.165) is 0 Å². The molecule has 2 aromatic rings. The molecule has 0 bridgehead atoms. The van der Waals surface area contributed by atoms with Crippen molar-refractivity contribution in [2.75, 3.05) is 6.61 Å². The number of pyridine rings is 1. The van der Waals surface area contributed by atoms with Crippen molar-refractivity contribution in [3.63, 3.8) is 0 Å². The Kier molecular flexibility index (Phi) is 3.43. The molecule has 2 rings (SSSR count). The second-order valence-electron chi connectivity index (χ2n) is 3.55. The van der Waals surface area contributed by atoms with Gasteiger partial charge in [0.1, 0.15) is 5.15 Å². The van der Waals surface area contributed by atoms with Crippen LogP contribution < -0.4 is 5.73 Å². The number of hydrogen-bond donors (Lipinski definition) is 1. The van der Waals surface area contributed by atoms with Gasteiger partial charge in [0.25, 0.3) is 5.91 Å². The molecule has 0 radical (unpaired) electrons. The summed E-state index contributed by atoms with van der Waals surface area (Å²) in [4.78, 5) is 26.5. The maximum atomic E-state index is 11.8. The molecule has 0 saturated carbocycles. The zero-order chi connectivity index (χ0) is 13.1. The van der Waals surface area contributed by atoms with Gasteiger partial charge in [-0.1, -0.05) is 29.8 Å². The minimum Gasteiger partial charge on any atom is -0.452 e. The monoisotopic (exact) mass is 264 g/mol. The van der Waals surface area contributed by atoms with E-state index < -0.39 is 18.5 Å². The number of nitrogens with zero attached hydrogens (tertiary/aromatic N) is 1. The Morgan fingerprint density at radius 2 is 2.06 bits per heavy atom. The fraction of sp³-hybridized carbons (Fsp3) is 0.0833. The molecular weight excluding hydrogens is 256 g/mol. The van der Waals surface area contributed by atoms with Crippen LogP contribution in [0.3, 0.4) is 0 Å². The third kappa shape index (κ3) is 2.57. The first-order valence-electron chi connectivity index (χ1n) is 5.08. The van der Waals surface area contributed by atoms with E-state index in [2.05, 4.69) is 4.98 Å². The lowest BCUT2D eigenvalue weighted by molar-refractivity contribution is -0.121. The number of primary amides is 1. The van der Waals surface area contributed by atoms with Crippen LogP contribution in [0.5, 0.6) is 0 Å². The van der Waals surface area contributed by atoms with Crippen molar-refractivity contribution in [2.24, 2.45) is 5.73 Å². The van der Waals surface area contributed by atoms with Gasteiger partial charge < -0.3 is 10.5 Å². The predicted octanol–water partition coefficient (Wildman–Crippen LogP) is 1.53. The molecule has 5 nitrogen and oxygen atoms in total. The largest absolute Gasteiger partial charge is 0.452 e. The number of rotatable bonds is 3. The third-order valence-corrected chi connectivity index (χ3v) is 2.44. The molecule has 0 atom stereocenters. The maximum absolute atomic E-state index is 11.8. The highest BCUT2D eigenvalue weighted by molar-refractivity contribution is 6.30. The number of hydrogen-bond acceptors (Lipinski definition) is 4. The quantitative estimate of drug-likeness (QED) is 0.673. The summed E-state index contributed by atoms with van der Waals surface area (Å²) in [6.45, 7) is -0.465. The number of carbonyl (C=O) groups excluding carboxylic acids is 2. The van der Waals surface area contributed by atoms with Crippen molar-refractivity contribution >= 4 is 34.4 Å². The predicted molar refractivity (Wildman–Crippen MR) is 66.2 cm³/mol. The molecule has 18 heavy (non-hydrogen) atoms. The number of amides is 1. The normalized spacial score (nSPS) is 10.3. The van der Waals surface area contributed by atoms with Gasteiger partial charge in [0, 0.05) is 5.39 Å². The van der Waals surface area contributed by atoms with Crippen molar-refractivity contribution < 1.29 is 14.3 Å². The molecule has 0 aliphatic heterocycles. The molecule has 92 valence electrons. The van der Waals surface area contributed by atoms with Crippen LogP contribution in [0, 0.1) is 0 Å². The van der Waals surface area contributed by atoms with E-state index in [0.29, 0.717) is 10.9 Å². The van der Waals surface area contributed by atoms with E-state index >= 15 is 0 Å². The Morgan fingerprint density at radius 1 is 1.33 bits per heavy atom. The zero-order valence-electron chi connectivity index (χ0n) is 9.22. The highest BCUT2D eigenvalue weighted by Gasteiger charge is 2.14. The minimum atomic E-state index is -0.715. The van der Waals surface area contributed by atoms with Gasteiger partial charge in [0.05, 0.1) is 11.1 Å². The van der Waals surface area contributed by atoms with Crippen LogP contribution >= 0.6 is 11.6 Å². The first-order chi connectivity index (χ1) is 8.58. The van der Waals surface area contributed by atoms with Gasteiger partial charge in [-0.05, 0) is 12.1 Å². The van der Waals surface area contributed by atoms with Crippen LogP contribution in [0.15, 0.2) is 30.3 Å². The lowest BCUT2D eigenvalue weighted by Gasteiger charge is -2.06. The first kappa shape index (κ1) is 12.3. The van der Waals surface area contributed by atoms with Crippen LogP contribution in [-0.2, 0) is 9.53 Å². The molecule has 1 amide bonds. The molecule has 6 heteroatoms. The molecule has 1 aromatic carbocycles. The molecule has 0 aliphatic carbocycles. The van der Waals surface area contributed by atoms with Gasteiger partial charge in [0.15, 0.2) is 6.61 Å². The number of esters is 1. The Labute approximate surface area is 108 Å². The summed E-state index contributed by atoms with van der Waals surface area (Å²) in [7, 11) is 0. The number of aromatic nitrogens is 1. The molecule has 0 fully saturated rings. The SMILES string of the molecule is NC(=O)COC(=O)c1cc(Cl)nc2ccccc12. The second-order valence-corrected chi connectivity index (χ2v) is 3.94. The summed E-state index contributed by atoms with van der Waals surface area (Å²) in [5, 5.41) is 0.788. The second kappa shape index (κ2) is 5.01. The number of halogens is 1. The van der Waals surface area contributed by atoms with Crippen molar-refractivity contribution in [1.29, 1.82) is 0 Å². The zero-order valence-corrected chi connectivity index (χ0v) is 9.98. The smallest absolute Gasteiger partial charge is 0.339 e. The molecule has 2 N–H and O–H groups in total. The fourth-order valence-electron chi connectivity index (χ4n) is 1.53. The molecule has 1 aromatic heterocycles. The van der Waals surface area contributed by atoms with Crippen LogP contribution in [-0.4, -0.2) is 23.5 Å². The standard InChI is InChI=1S/C12H9ClN2O3/c13-10-5-8(12(17)18-6-11(14)16)7-3-1-2-4-9(7)15-10/h1-5H,6H2,(H2,14,16). The van der Waals surface area contributed by atoms with Gasteiger partial charge in [-0.15, -0.1) is 0 Å². The van der Waals surface area contributed by atoms with E-state index in [1.165, 1.54) is 6.07 Å². The summed E-state index contributed by atoms with van der Waals surface area (Å²) in [5.41, 5.74) is 5.74.